The topological polar surface area (TPSA) is 129 Å². The molecular formula is C20H23N3O7. The number of amides is 1. The minimum absolute atomic E-state index is 0.0543. The lowest BCUT2D eigenvalue weighted by atomic mass is 10.1. The van der Waals surface area contributed by atoms with Gasteiger partial charge in [0.2, 0.25) is 0 Å². The number of hydrogen-bond donors (Lipinski definition) is 2. The number of anilines is 2. The van der Waals surface area contributed by atoms with Crippen LogP contribution in [0.3, 0.4) is 0 Å². The van der Waals surface area contributed by atoms with E-state index in [1.54, 1.807) is 24.3 Å². The molecule has 0 radical (unpaired) electrons. The summed E-state index contributed by atoms with van der Waals surface area (Å²) in [4.78, 5) is 35.5. The Morgan fingerprint density at radius 1 is 1.17 bits per heavy atom. The van der Waals surface area contributed by atoms with Gasteiger partial charge in [0.15, 0.2) is 6.10 Å². The van der Waals surface area contributed by atoms with Crippen LogP contribution >= 0.6 is 0 Å². The van der Waals surface area contributed by atoms with Crippen LogP contribution in [0, 0.1) is 10.1 Å². The molecule has 2 aromatic carbocycles. The molecule has 10 heteroatoms. The lowest BCUT2D eigenvalue weighted by molar-refractivity contribution is -0.384. The van der Waals surface area contributed by atoms with Gasteiger partial charge in [-0.15, -0.1) is 0 Å². The van der Waals surface area contributed by atoms with E-state index in [4.69, 9.17) is 14.2 Å². The average molecular weight is 417 g/mol. The van der Waals surface area contributed by atoms with Crippen LogP contribution in [0.5, 0.6) is 5.75 Å². The summed E-state index contributed by atoms with van der Waals surface area (Å²) in [7, 11) is 3.03. The van der Waals surface area contributed by atoms with E-state index in [0.29, 0.717) is 30.3 Å². The summed E-state index contributed by atoms with van der Waals surface area (Å²) in [5, 5.41) is 16.6. The molecule has 0 bridgehead atoms. The molecule has 2 N–H and O–H groups in total. The molecule has 0 fully saturated rings. The third kappa shape index (κ3) is 6.17. The van der Waals surface area contributed by atoms with Gasteiger partial charge in [0.25, 0.3) is 11.6 Å². The van der Waals surface area contributed by atoms with Crippen molar-refractivity contribution in [3.05, 3.63) is 58.1 Å². The predicted molar refractivity (Wildman–Crippen MR) is 110 cm³/mol. The molecule has 10 nitrogen and oxygen atoms in total. The number of esters is 1. The fourth-order valence-corrected chi connectivity index (χ4v) is 2.48. The molecule has 1 atom stereocenters. The highest BCUT2D eigenvalue weighted by Crippen LogP contribution is 2.24. The summed E-state index contributed by atoms with van der Waals surface area (Å²) >= 11 is 0. The van der Waals surface area contributed by atoms with Gasteiger partial charge in [-0.2, -0.15) is 0 Å². The van der Waals surface area contributed by atoms with Gasteiger partial charge in [-0.1, -0.05) is 6.07 Å². The van der Waals surface area contributed by atoms with Crippen molar-refractivity contribution in [2.75, 3.05) is 38.0 Å². The summed E-state index contributed by atoms with van der Waals surface area (Å²) in [6, 6.07) is 10.5. The van der Waals surface area contributed by atoms with Crippen LogP contribution in [0.2, 0.25) is 0 Å². The Kier molecular flexibility index (Phi) is 8.12. The second-order valence-corrected chi connectivity index (χ2v) is 6.18. The number of nitro benzene ring substituents is 1. The Bertz CT molecular complexity index is 917. The van der Waals surface area contributed by atoms with Crippen LogP contribution in [0.25, 0.3) is 0 Å². The highest BCUT2D eigenvalue weighted by atomic mass is 16.6. The van der Waals surface area contributed by atoms with Crippen LogP contribution in [0.15, 0.2) is 42.5 Å². The minimum Gasteiger partial charge on any atom is -0.497 e. The minimum atomic E-state index is -1.14. The van der Waals surface area contributed by atoms with E-state index in [-0.39, 0.29) is 11.3 Å². The lowest BCUT2D eigenvalue weighted by Gasteiger charge is -2.16. The van der Waals surface area contributed by atoms with Crippen LogP contribution in [-0.4, -0.2) is 50.3 Å². The molecule has 0 unspecified atom stereocenters. The quantitative estimate of drug-likeness (QED) is 0.261. The Morgan fingerprint density at radius 3 is 2.60 bits per heavy atom. The van der Waals surface area contributed by atoms with Crippen molar-refractivity contribution in [1.29, 1.82) is 0 Å². The highest BCUT2D eigenvalue weighted by Gasteiger charge is 2.23. The van der Waals surface area contributed by atoms with Crippen LogP contribution in [-0.2, 0) is 14.3 Å². The van der Waals surface area contributed by atoms with Gasteiger partial charge in [0.05, 0.1) is 24.2 Å². The zero-order valence-electron chi connectivity index (χ0n) is 16.8. The van der Waals surface area contributed by atoms with Gasteiger partial charge in [-0.3, -0.25) is 14.9 Å². The zero-order valence-corrected chi connectivity index (χ0v) is 16.8. The molecule has 0 aliphatic rings. The van der Waals surface area contributed by atoms with Gasteiger partial charge >= 0.3 is 5.97 Å². The van der Waals surface area contributed by atoms with Crippen LogP contribution in [0.4, 0.5) is 17.1 Å². The first-order valence-electron chi connectivity index (χ1n) is 9.03. The third-order valence-corrected chi connectivity index (χ3v) is 4.05. The first kappa shape index (κ1) is 22.6. The van der Waals surface area contributed by atoms with Crippen molar-refractivity contribution in [3.8, 4) is 5.75 Å². The van der Waals surface area contributed by atoms with Gasteiger partial charge in [0.1, 0.15) is 5.75 Å². The molecule has 0 aliphatic heterocycles. The molecular weight excluding hydrogens is 394 g/mol. The van der Waals surface area contributed by atoms with Gasteiger partial charge in [-0.25, -0.2) is 4.79 Å². The number of methoxy groups -OCH3 is 2. The number of benzene rings is 2. The van der Waals surface area contributed by atoms with E-state index in [0.717, 1.165) is 6.07 Å². The van der Waals surface area contributed by atoms with Crippen molar-refractivity contribution in [2.45, 2.75) is 13.0 Å². The maximum Gasteiger partial charge on any atom is 0.341 e. The Labute approximate surface area is 173 Å². The van der Waals surface area contributed by atoms with Gasteiger partial charge in [-0.05, 0) is 25.1 Å². The normalized spacial score (nSPS) is 11.3. The number of carbonyl (C=O) groups is 2. The summed E-state index contributed by atoms with van der Waals surface area (Å²) in [6.07, 6.45) is -1.14. The molecule has 30 heavy (non-hydrogen) atoms. The van der Waals surface area contributed by atoms with E-state index >= 15 is 0 Å². The van der Waals surface area contributed by atoms with E-state index in [1.165, 1.54) is 33.3 Å². The Morgan fingerprint density at radius 2 is 1.93 bits per heavy atom. The molecule has 0 heterocycles. The van der Waals surface area contributed by atoms with E-state index in [1.807, 2.05) is 0 Å². The second kappa shape index (κ2) is 10.8. The molecule has 0 aromatic heterocycles. The number of non-ortho nitro benzene ring substituents is 1. The number of hydrogen-bond acceptors (Lipinski definition) is 8. The second-order valence-electron chi connectivity index (χ2n) is 6.18. The van der Waals surface area contributed by atoms with Crippen LogP contribution in [0.1, 0.15) is 17.3 Å². The van der Waals surface area contributed by atoms with Crippen LogP contribution < -0.4 is 15.4 Å². The van der Waals surface area contributed by atoms with E-state index in [2.05, 4.69) is 10.6 Å². The maximum absolute atomic E-state index is 12.6. The summed E-state index contributed by atoms with van der Waals surface area (Å²) in [5.41, 5.74) is 0.483. The fourth-order valence-electron chi connectivity index (χ4n) is 2.48. The smallest absolute Gasteiger partial charge is 0.341 e. The molecule has 0 spiro atoms. The third-order valence-electron chi connectivity index (χ3n) is 4.05. The number of ether oxygens (including phenoxy) is 3. The Hall–Kier alpha value is -3.66. The van der Waals surface area contributed by atoms with Crippen molar-refractivity contribution >= 4 is 28.9 Å². The molecule has 160 valence electrons. The molecule has 0 saturated carbocycles. The van der Waals surface area contributed by atoms with Crippen molar-refractivity contribution < 1.29 is 28.7 Å². The first-order chi connectivity index (χ1) is 14.3. The van der Waals surface area contributed by atoms with Crippen molar-refractivity contribution in [1.82, 2.24) is 0 Å². The van der Waals surface area contributed by atoms with Gasteiger partial charge < -0.3 is 24.8 Å². The molecule has 0 aliphatic carbocycles. The number of carbonyl (C=O) groups excluding carboxylic acids is 2. The molecule has 1 amide bonds. The Balaban J connectivity index is 2.12. The number of rotatable bonds is 10. The molecule has 2 aromatic rings. The van der Waals surface area contributed by atoms with Crippen molar-refractivity contribution in [3.63, 3.8) is 0 Å². The SMILES string of the molecule is COCCNc1ccc([N+](=O)[O-])cc1C(=O)O[C@@H](C)C(=O)Nc1cccc(OC)c1. The molecule has 2 rings (SSSR count). The average Bonchev–Trinajstić information content (AvgIpc) is 2.73. The number of nitrogens with zero attached hydrogens (tertiary/aromatic N) is 1. The first-order valence-corrected chi connectivity index (χ1v) is 9.03. The van der Waals surface area contributed by atoms with E-state index in [9.17, 15) is 19.7 Å². The zero-order chi connectivity index (χ0) is 22.1. The molecule has 0 saturated heterocycles. The highest BCUT2D eigenvalue weighted by molar-refractivity contribution is 6.00. The maximum atomic E-state index is 12.6. The van der Waals surface area contributed by atoms with E-state index < -0.39 is 22.9 Å². The van der Waals surface area contributed by atoms with Crippen molar-refractivity contribution in [2.24, 2.45) is 0 Å². The summed E-state index contributed by atoms with van der Waals surface area (Å²) < 4.78 is 15.3. The number of nitro groups is 1. The number of nitrogens with one attached hydrogen (secondary N) is 2. The standard InChI is InChI=1S/C20H23N3O7/c1-13(19(24)22-14-5-4-6-16(11-14)29-3)30-20(25)17-12-15(23(26)27)7-8-18(17)21-9-10-28-2/h4-8,11-13,21H,9-10H2,1-3H3,(H,22,24)/t13-/m0/s1. The summed E-state index contributed by atoms with van der Waals surface area (Å²) in [6.45, 7) is 2.15. The largest absolute Gasteiger partial charge is 0.497 e. The monoisotopic (exact) mass is 417 g/mol. The lowest BCUT2D eigenvalue weighted by Crippen LogP contribution is -2.30. The van der Waals surface area contributed by atoms with Gasteiger partial charge in [0, 0.05) is 43.2 Å². The fraction of sp³-hybridized carbons (Fsp3) is 0.300. The summed E-state index contributed by atoms with van der Waals surface area (Å²) in [5.74, 6) is -0.872. The predicted octanol–water partition coefficient (Wildman–Crippen LogP) is 2.85.